The van der Waals surface area contributed by atoms with Crippen LogP contribution in [0.2, 0.25) is 0 Å². The van der Waals surface area contributed by atoms with Crippen LogP contribution < -0.4 is 5.32 Å². The lowest BCUT2D eigenvalue weighted by Gasteiger charge is -2.31. The minimum atomic E-state index is -2.46. The summed E-state index contributed by atoms with van der Waals surface area (Å²) in [5.74, 6) is 1.17. The summed E-state index contributed by atoms with van der Waals surface area (Å²) < 4.78 is 19.9. The van der Waals surface area contributed by atoms with Crippen molar-refractivity contribution in [1.29, 1.82) is 0 Å². The Morgan fingerprint density at radius 2 is 1.55 bits per heavy atom. The van der Waals surface area contributed by atoms with Gasteiger partial charge in [0.15, 0.2) is 0 Å². The van der Waals surface area contributed by atoms with E-state index in [1.54, 1.807) is 11.8 Å². The van der Waals surface area contributed by atoms with Crippen molar-refractivity contribution in [2.75, 3.05) is 31.4 Å². The van der Waals surface area contributed by atoms with E-state index in [2.05, 4.69) is 24.4 Å². The zero-order valence-corrected chi connectivity index (χ0v) is 27.6. The summed E-state index contributed by atoms with van der Waals surface area (Å²) in [5.41, 5.74) is 4.46. The molecule has 2 aliphatic rings. The minimum Gasteiger partial charge on any atom is -0.467 e. The topological polar surface area (TPSA) is 72.5 Å². The number of methoxy groups -OCH3 is 1. The van der Waals surface area contributed by atoms with Gasteiger partial charge in [0.2, 0.25) is 0 Å². The molecule has 0 bridgehead atoms. The number of carbonyl (C=O) groups excluding carboxylic acids is 2. The summed E-state index contributed by atoms with van der Waals surface area (Å²) in [6.45, 7) is 2.05. The van der Waals surface area contributed by atoms with Crippen molar-refractivity contribution in [3.05, 3.63) is 59.2 Å². The number of nitrogens with one attached hydrogen (secondary N) is 1. The summed E-state index contributed by atoms with van der Waals surface area (Å²) in [7, 11) is -1.10. The van der Waals surface area contributed by atoms with Crippen LogP contribution in [0.5, 0.6) is 0 Å². The van der Waals surface area contributed by atoms with Crippen molar-refractivity contribution in [2.45, 2.75) is 89.8 Å². The molecule has 1 unspecified atom stereocenters. The van der Waals surface area contributed by atoms with Crippen LogP contribution in [-0.2, 0) is 20.3 Å². The Hall–Kier alpha value is -2.04. The van der Waals surface area contributed by atoms with Crippen molar-refractivity contribution in [3.63, 3.8) is 0 Å². The largest absolute Gasteiger partial charge is 0.467 e. The molecule has 1 amide bonds. The van der Waals surface area contributed by atoms with Gasteiger partial charge in [0, 0.05) is 24.0 Å². The third-order valence-corrected chi connectivity index (χ3v) is 13.2. The molecule has 0 aliphatic heterocycles. The van der Waals surface area contributed by atoms with Crippen molar-refractivity contribution < 1.29 is 18.9 Å². The van der Waals surface area contributed by atoms with Crippen LogP contribution in [-0.4, -0.2) is 49.4 Å². The van der Waals surface area contributed by atoms with E-state index in [1.165, 1.54) is 71.3 Å². The van der Waals surface area contributed by atoms with Crippen LogP contribution in [0, 0.1) is 18.8 Å². The third kappa shape index (κ3) is 9.23. The molecule has 0 saturated heterocycles. The molecule has 1 atom stereocenters. The van der Waals surface area contributed by atoms with Gasteiger partial charge in [-0.2, -0.15) is 11.8 Å². The standard InChI is InChI=1S/C35H50NO4PS/c1-26-12-10-11-17-30(26)32-22-29(18-19-31(32)34(37)36-33(20-21-42-3)35(38)40-2)25-41(39,23-27-13-6-4-7-14-27)24-28-15-8-5-9-16-28/h10-12,17-19,22,27-28,33H,4-9,13-16,20-21,23-25H2,1-3H3,(H,36,37). The first kappa shape index (κ1) is 32.9. The molecule has 42 heavy (non-hydrogen) atoms. The highest BCUT2D eigenvalue weighted by Gasteiger charge is 2.32. The Labute approximate surface area is 257 Å². The lowest BCUT2D eigenvalue weighted by Crippen LogP contribution is -2.42. The molecule has 2 aromatic rings. The van der Waals surface area contributed by atoms with Gasteiger partial charge in [-0.25, -0.2) is 4.79 Å². The quantitative estimate of drug-likeness (QED) is 0.181. The van der Waals surface area contributed by atoms with E-state index in [0.717, 1.165) is 40.3 Å². The van der Waals surface area contributed by atoms with E-state index < -0.39 is 19.2 Å². The monoisotopic (exact) mass is 611 g/mol. The van der Waals surface area contributed by atoms with Crippen molar-refractivity contribution >= 4 is 30.8 Å². The lowest BCUT2D eigenvalue weighted by atomic mass is 9.91. The maximum Gasteiger partial charge on any atom is 0.328 e. The Morgan fingerprint density at radius 3 is 2.12 bits per heavy atom. The molecular formula is C35H50NO4PS. The maximum atomic E-state index is 14.9. The molecule has 2 aromatic carbocycles. The molecule has 4 rings (SSSR count). The fourth-order valence-electron chi connectivity index (χ4n) is 7.07. The second kappa shape index (κ2) is 16.1. The second-order valence-electron chi connectivity index (χ2n) is 12.6. The molecule has 2 aliphatic carbocycles. The number of benzene rings is 2. The van der Waals surface area contributed by atoms with Gasteiger partial charge in [-0.3, -0.25) is 4.79 Å². The summed E-state index contributed by atoms with van der Waals surface area (Å²) in [4.78, 5) is 26.1. The van der Waals surface area contributed by atoms with Crippen LogP contribution in [0.4, 0.5) is 0 Å². The SMILES string of the molecule is COC(=O)C(CCSC)NC(=O)c1ccc(CP(=O)(CC2CCCCC2)CC2CCCCC2)cc1-c1ccccc1C. The predicted octanol–water partition coefficient (Wildman–Crippen LogP) is 8.71. The van der Waals surface area contributed by atoms with Crippen LogP contribution in [0.15, 0.2) is 42.5 Å². The highest BCUT2D eigenvalue weighted by Crippen LogP contribution is 2.55. The predicted molar refractivity (Wildman–Crippen MR) is 177 cm³/mol. The van der Waals surface area contributed by atoms with Gasteiger partial charge in [0.25, 0.3) is 5.91 Å². The average Bonchev–Trinajstić information content (AvgIpc) is 2.99. The van der Waals surface area contributed by atoms with Gasteiger partial charge in [-0.15, -0.1) is 0 Å². The fourth-order valence-corrected chi connectivity index (χ4v) is 11.4. The number of ether oxygens (including phenoxy) is 1. The molecule has 0 heterocycles. The van der Waals surface area contributed by atoms with E-state index in [4.69, 9.17) is 4.74 Å². The number of amides is 1. The Kier molecular flexibility index (Phi) is 12.6. The lowest BCUT2D eigenvalue weighted by molar-refractivity contribution is -0.142. The fraction of sp³-hybridized carbons (Fsp3) is 0.600. The number of rotatable bonds is 13. The average molecular weight is 612 g/mol. The zero-order chi connectivity index (χ0) is 30.0. The molecule has 0 spiro atoms. The molecule has 2 saturated carbocycles. The number of carbonyl (C=O) groups is 2. The van der Waals surface area contributed by atoms with Gasteiger partial charge >= 0.3 is 5.97 Å². The van der Waals surface area contributed by atoms with Gasteiger partial charge < -0.3 is 14.6 Å². The van der Waals surface area contributed by atoms with Gasteiger partial charge in [0.1, 0.15) is 6.04 Å². The van der Waals surface area contributed by atoms with Gasteiger partial charge in [0.05, 0.1) is 14.3 Å². The maximum absolute atomic E-state index is 14.9. The van der Waals surface area contributed by atoms with Crippen LogP contribution in [0.3, 0.4) is 0 Å². The van der Waals surface area contributed by atoms with Crippen molar-refractivity contribution in [2.24, 2.45) is 11.8 Å². The van der Waals surface area contributed by atoms with E-state index >= 15 is 0 Å². The first-order valence-electron chi connectivity index (χ1n) is 16.0. The summed E-state index contributed by atoms with van der Waals surface area (Å²) >= 11 is 1.63. The molecule has 0 radical (unpaired) electrons. The van der Waals surface area contributed by atoms with Crippen LogP contribution in [0.1, 0.15) is 92.1 Å². The normalized spacial score (nSPS) is 17.5. The summed E-state index contributed by atoms with van der Waals surface area (Å²) in [6, 6.07) is 13.4. The number of aryl methyl sites for hydroxylation is 1. The molecule has 230 valence electrons. The van der Waals surface area contributed by atoms with Gasteiger partial charge in [-0.05, 0) is 71.6 Å². The molecule has 7 heteroatoms. The summed E-state index contributed by atoms with van der Waals surface area (Å²) in [5, 5.41) is 2.94. The molecule has 5 nitrogen and oxygen atoms in total. The molecule has 1 N–H and O–H groups in total. The Morgan fingerprint density at radius 1 is 0.929 bits per heavy atom. The first-order valence-corrected chi connectivity index (χ1v) is 19.6. The number of esters is 1. The first-order chi connectivity index (χ1) is 20.3. The van der Waals surface area contributed by atoms with Crippen molar-refractivity contribution in [1.82, 2.24) is 5.32 Å². The third-order valence-electron chi connectivity index (χ3n) is 9.27. The van der Waals surface area contributed by atoms with Crippen LogP contribution >= 0.6 is 18.9 Å². The van der Waals surface area contributed by atoms with E-state index in [1.807, 2.05) is 36.6 Å². The van der Waals surface area contributed by atoms with E-state index in [-0.39, 0.29) is 5.91 Å². The molecule has 2 fully saturated rings. The zero-order valence-electron chi connectivity index (χ0n) is 25.9. The number of hydrogen-bond acceptors (Lipinski definition) is 5. The summed E-state index contributed by atoms with van der Waals surface area (Å²) in [6.07, 6.45) is 17.3. The molecule has 0 aromatic heterocycles. The smallest absolute Gasteiger partial charge is 0.328 e. The number of hydrogen-bond donors (Lipinski definition) is 1. The van der Waals surface area contributed by atoms with Gasteiger partial charge in [-0.1, -0.05) is 94.5 Å². The Bertz CT molecular complexity index is 1210. The Balaban J connectivity index is 1.66. The van der Waals surface area contributed by atoms with E-state index in [0.29, 0.717) is 30.0 Å². The van der Waals surface area contributed by atoms with Crippen molar-refractivity contribution in [3.8, 4) is 11.1 Å². The highest BCUT2D eigenvalue weighted by atomic mass is 32.2. The minimum absolute atomic E-state index is 0.288. The number of thioether (sulfide) groups is 1. The van der Waals surface area contributed by atoms with E-state index in [9.17, 15) is 14.2 Å². The highest BCUT2D eigenvalue weighted by molar-refractivity contribution is 7.98. The molecular weight excluding hydrogens is 561 g/mol. The van der Waals surface area contributed by atoms with Crippen LogP contribution in [0.25, 0.3) is 11.1 Å². The second-order valence-corrected chi connectivity index (χ2v) is 16.8.